The smallest absolute Gasteiger partial charge is 0.233 e. The SMILES string of the molecule is Cc1ccc(S[C@H](C)C(=O)NCCC[NH+]2CCOCC2)cc1. The van der Waals surface area contributed by atoms with Gasteiger partial charge in [0.05, 0.1) is 25.0 Å². The normalized spacial score (nSPS) is 17.2. The van der Waals surface area contributed by atoms with Crippen LogP contribution in [-0.4, -0.2) is 50.5 Å². The quantitative estimate of drug-likeness (QED) is 0.579. The number of hydrogen-bond acceptors (Lipinski definition) is 3. The van der Waals surface area contributed by atoms with Crippen LogP contribution in [0.25, 0.3) is 0 Å². The van der Waals surface area contributed by atoms with Gasteiger partial charge in [-0.25, -0.2) is 0 Å². The van der Waals surface area contributed by atoms with Gasteiger partial charge < -0.3 is 15.0 Å². The van der Waals surface area contributed by atoms with Gasteiger partial charge in [-0.05, 0) is 26.0 Å². The lowest BCUT2D eigenvalue weighted by atomic mass is 10.2. The van der Waals surface area contributed by atoms with Crippen LogP contribution >= 0.6 is 11.8 Å². The molecular weight excluding hydrogens is 296 g/mol. The molecule has 0 radical (unpaired) electrons. The number of morpholine rings is 1. The lowest BCUT2D eigenvalue weighted by molar-refractivity contribution is -0.908. The van der Waals surface area contributed by atoms with Gasteiger partial charge in [-0.3, -0.25) is 4.79 Å². The molecule has 1 amide bonds. The number of rotatable bonds is 7. The second kappa shape index (κ2) is 9.18. The van der Waals surface area contributed by atoms with Gasteiger partial charge in [0, 0.05) is 17.9 Å². The summed E-state index contributed by atoms with van der Waals surface area (Å²) in [5.41, 5.74) is 1.24. The van der Waals surface area contributed by atoms with Crippen LogP contribution in [0.15, 0.2) is 29.2 Å². The Morgan fingerprint density at radius 3 is 2.68 bits per heavy atom. The van der Waals surface area contributed by atoms with Crippen molar-refractivity contribution in [1.82, 2.24) is 5.32 Å². The van der Waals surface area contributed by atoms with Crippen LogP contribution in [0.1, 0.15) is 18.9 Å². The van der Waals surface area contributed by atoms with E-state index in [1.54, 1.807) is 16.7 Å². The monoisotopic (exact) mass is 323 g/mol. The van der Waals surface area contributed by atoms with E-state index in [1.165, 1.54) is 5.56 Å². The Balaban J connectivity index is 1.62. The van der Waals surface area contributed by atoms with Gasteiger partial charge in [-0.1, -0.05) is 17.7 Å². The molecule has 1 aromatic rings. The lowest BCUT2D eigenvalue weighted by Crippen LogP contribution is -3.14. The standard InChI is InChI=1S/C17H26N2O2S/c1-14-4-6-16(7-5-14)22-15(2)17(20)18-8-3-9-19-10-12-21-13-11-19/h4-7,15H,3,8-13H2,1-2H3,(H,18,20)/p+1/t15-/m1/s1. The Morgan fingerprint density at radius 1 is 1.32 bits per heavy atom. The minimum Gasteiger partial charge on any atom is -0.370 e. The van der Waals surface area contributed by atoms with E-state index in [0.717, 1.165) is 50.7 Å². The van der Waals surface area contributed by atoms with E-state index in [4.69, 9.17) is 4.74 Å². The van der Waals surface area contributed by atoms with E-state index in [1.807, 2.05) is 6.92 Å². The molecule has 0 bridgehead atoms. The highest BCUT2D eigenvalue weighted by molar-refractivity contribution is 8.00. The van der Waals surface area contributed by atoms with Crippen molar-refractivity contribution in [2.24, 2.45) is 0 Å². The maximum Gasteiger partial charge on any atom is 0.233 e. The molecule has 2 N–H and O–H groups in total. The first-order valence-electron chi connectivity index (χ1n) is 8.07. The molecule has 0 spiro atoms. The highest BCUT2D eigenvalue weighted by atomic mass is 32.2. The summed E-state index contributed by atoms with van der Waals surface area (Å²) in [6.07, 6.45) is 1.03. The minimum atomic E-state index is -0.0570. The van der Waals surface area contributed by atoms with Gasteiger partial charge in [-0.2, -0.15) is 0 Å². The second-order valence-electron chi connectivity index (χ2n) is 5.83. The molecule has 1 aromatic carbocycles. The number of carbonyl (C=O) groups excluding carboxylic acids is 1. The Morgan fingerprint density at radius 2 is 2.00 bits per heavy atom. The van der Waals surface area contributed by atoms with Crippen molar-refractivity contribution in [1.29, 1.82) is 0 Å². The average molecular weight is 323 g/mol. The minimum absolute atomic E-state index is 0.0570. The van der Waals surface area contributed by atoms with Crippen LogP contribution in [0.5, 0.6) is 0 Å². The third-order valence-electron chi connectivity index (χ3n) is 3.91. The van der Waals surface area contributed by atoms with Crippen molar-refractivity contribution in [3.63, 3.8) is 0 Å². The lowest BCUT2D eigenvalue weighted by Gasteiger charge is -2.23. The Hall–Kier alpha value is -1.04. The molecule has 1 fully saturated rings. The number of nitrogens with one attached hydrogen (secondary N) is 2. The summed E-state index contributed by atoms with van der Waals surface area (Å²) >= 11 is 1.61. The summed E-state index contributed by atoms with van der Waals surface area (Å²) in [6, 6.07) is 8.31. The topological polar surface area (TPSA) is 42.8 Å². The van der Waals surface area contributed by atoms with Gasteiger partial charge in [0.2, 0.25) is 5.91 Å². The van der Waals surface area contributed by atoms with Crippen LogP contribution in [0.3, 0.4) is 0 Å². The van der Waals surface area contributed by atoms with Gasteiger partial charge in [0.25, 0.3) is 0 Å². The van der Waals surface area contributed by atoms with Crippen molar-refractivity contribution in [2.45, 2.75) is 30.4 Å². The van der Waals surface area contributed by atoms with Crippen LogP contribution in [0.4, 0.5) is 0 Å². The number of aryl methyl sites for hydroxylation is 1. The first-order chi connectivity index (χ1) is 10.6. The largest absolute Gasteiger partial charge is 0.370 e. The maximum atomic E-state index is 12.1. The van der Waals surface area contributed by atoms with Crippen LogP contribution < -0.4 is 10.2 Å². The van der Waals surface area contributed by atoms with Gasteiger partial charge in [0.1, 0.15) is 13.1 Å². The van der Waals surface area contributed by atoms with E-state index in [0.29, 0.717) is 0 Å². The number of benzene rings is 1. The summed E-state index contributed by atoms with van der Waals surface area (Å²) in [7, 11) is 0. The summed E-state index contributed by atoms with van der Waals surface area (Å²) < 4.78 is 5.35. The molecule has 1 atom stereocenters. The Kier molecular flexibility index (Phi) is 7.22. The molecule has 1 heterocycles. The first-order valence-corrected chi connectivity index (χ1v) is 8.95. The number of ether oxygens (including phenoxy) is 1. The van der Waals surface area contributed by atoms with Gasteiger partial charge in [0.15, 0.2) is 0 Å². The van der Waals surface area contributed by atoms with Crippen molar-refractivity contribution < 1.29 is 14.4 Å². The number of quaternary nitrogens is 1. The van der Waals surface area contributed by atoms with E-state index in [-0.39, 0.29) is 11.2 Å². The summed E-state index contributed by atoms with van der Waals surface area (Å²) in [4.78, 5) is 14.8. The zero-order valence-corrected chi connectivity index (χ0v) is 14.4. The molecule has 1 aliphatic rings. The third-order valence-corrected chi connectivity index (χ3v) is 5.02. The predicted octanol–water partition coefficient (Wildman–Crippen LogP) is 0.897. The molecule has 0 aliphatic carbocycles. The molecule has 0 unspecified atom stereocenters. The van der Waals surface area contributed by atoms with Crippen molar-refractivity contribution in [3.8, 4) is 0 Å². The fraction of sp³-hybridized carbons (Fsp3) is 0.588. The maximum absolute atomic E-state index is 12.1. The fourth-order valence-electron chi connectivity index (χ4n) is 2.48. The molecule has 122 valence electrons. The van der Waals surface area contributed by atoms with E-state index >= 15 is 0 Å². The molecule has 2 rings (SSSR count). The molecule has 4 nitrogen and oxygen atoms in total. The zero-order valence-electron chi connectivity index (χ0n) is 13.6. The predicted molar refractivity (Wildman–Crippen MR) is 90.5 cm³/mol. The van der Waals surface area contributed by atoms with E-state index in [2.05, 4.69) is 36.5 Å². The number of amides is 1. The van der Waals surface area contributed by atoms with Crippen molar-refractivity contribution in [2.75, 3.05) is 39.4 Å². The van der Waals surface area contributed by atoms with Gasteiger partial charge >= 0.3 is 0 Å². The summed E-state index contributed by atoms with van der Waals surface area (Å²) in [6.45, 7) is 9.83. The second-order valence-corrected chi connectivity index (χ2v) is 7.24. The van der Waals surface area contributed by atoms with Crippen LogP contribution in [0, 0.1) is 6.92 Å². The number of hydrogen-bond donors (Lipinski definition) is 2. The van der Waals surface area contributed by atoms with Crippen LogP contribution in [0.2, 0.25) is 0 Å². The van der Waals surface area contributed by atoms with E-state index < -0.39 is 0 Å². The number of carbonyl (C=O) groups is 1. The third kappa shape index (κ3) is 5.99. The molecule has 1 saturated heterocycles. The zero-order chi connectivity index (χ0) is 15.8. The molecule has 22 heavy (non-hydrogen) atoms. The molecule has 1 aliphatic heterocycles. The average Bonchev–Trinajstić information content (AvgIpc) is 2.54. The van der Waals surface area contributed by atoms with Crippen molar-refractivity contribution in [3.05, 3.63) is 29.8 Å². The molecular formula is C17H27N2O2S+. The molecule has 0 aromatic heterocycles. The highest BCUT2D eigenvalue weighted by Gasteiger charge is 2.15. The van der Waals surface area contributed by atoms with Crippen molar-refractivity contribution >= 4 is 17.7 Å². The Bertz CT molecular complexity index is 458. The van der Waals surface area contributed by atoms with E-state index in [9.17, 15) is 4.79 Å². The van der Waals surface area contributed by atoms with Crippen LogP contribution in [-0.2, 0) is 9.53 Å². The summed E-state index contributed by atoms with van der Waals surface area (Å²) in [5.74, 6) is 0.127. The van der Waals surface area contributed by atoms with Gasteiger partial charge in [-0.15, -0.1) is 11.8 Å². The first kappa shape index (κ1) is 17.3. The molecule has 0 saturated carbocycles. The molecule has 5 heteroatoms. The summed E-state index contributed by atoms with van der Waals surface area (Å²) in [5, 5.41) is 2.99. The number of thioether (sulfide) groups is 1. The highest BCUT2D eigenvalue weighted by Crippen LogP contribution is 2.23. The Labute approximate surface area is 137 Å². The fourth-order valence-corrected chi connectivity index (χ4v) is 3.37.